The first-order chi connectivity index (χ1) is 16.1. The number of rotatable bonds is 9. The molecule has 6 nitrogen and oxygen atoms in total. The summed E-state index contributed by atoms with van der Waals surface area (Å²) < 4.78 is 34.1. The molecule has 1 amide bonds. The van der Waals surface area contributed by atoms with E-state index in [2.05, 4.69) is 5.32 Å². The monoisotopic (exact) mass is 480 g/mol. The smallest absolute Gasteiger partial charge is 0.264 e. The van der Waals surface area contributed by atoms with Gasteiger partial charge in [-0.2, -0.15) is 0 Å². The van der Waals surface area contributed by atoms with Crippen LogP contribution in [-0.4, -0.2) is 27.0 Å². The van der Waals surface area contributed by atoms with Gasteiger partial charge in [-0.1, -0.05) is 42.0 Å². The largest absolute Gasteiger partial charge is 0.491 e. The van der Waals surface area contributed by atoms with E-state index in [1.54, 1.807) is 36.4 Å². The molecule has 0 spiro atoms. The number of nitrogens with zero attached hydrogens (tertiary/aromatic N) is 1. The highest BCUT2D eigenvalue weighted by molar-refractivity contribution is 7.92. The maximum Gasteiger partial charge on any atom is 0.264 e. The van der Waals surface area contributed by atoms with Crippen LogP contribution in [0.1, 0.15) is 36.1 Å². The molecule has 0 aliphatic rings. The second kappa shape index (κ2) is 10.7. The van der Waals surface area contributed by atoms with E-state index in [9.17, 15) is 13.2 Å². The standard InChI is InChI=1S/C27H32N2O4S/c1-19(2)33-24-10-7-9-23(16-24)17-28-27(30)18-29(26-11-6-8-21(4)22(26)5)34(31,32)25-14-12-20(3)13-15-25/h6-16,19H,17-18H2,1-5H3,(H,28,30). The molecule has 180 valence electrons. The first kappa shape index (κ1) is 25.3. The lowest BCUT2D eigenvalue weighted by atomic mass is 10.1. The van der Waals surface area contributed by atoms with E-state index in [0.29, 0.717) is 5.69 Å². The molecule has 3 rings (SSSR count). The van der Waals surface area contributed by atoms with Gasteiger partial charge in [-0.15, -0.1) is 0 Å². The summed E-state index contributed by atoms with van der Waals surface area (Å²) >= 11 is 0. The van der Waals surface area contributed by atoms with Gasteiger partial charge in [-0.3, -0.25) is 9.10 Å². The van der Waals surface area contributed by atoms with Crippen LogP contribution in [0.2, 0.25) is 0 Å². The lowest BCUT2D eigenvalue weighted by molar-refractivity contribution is -0.119. The molecule has 0 fully saturated rings. The number of aryl methyl sites for hydroxylation is 2. The lowest BCUT2D eigenvalue weighted by Gasteiger charge is -2.26. The molecule has 0 bridgehead atoms. The zero-order chi connectivity index (χ0) is 24.9. The van der Waals surface area contributed by atoms with Crippen LogP contribution in [0.3, 0.4) is 0 Å². The highest BCUT2D eigenvalue weighted by Crippen LogP contribution is 2.28. The molecule has 0 saturated heterocycles. The number of nitrogens with one attached hydrogen (secondary N) is 1. The molecular weight excluding hydrogens is 448 g/mol. The fourth-order valence-corrected chi connectivity index (χ4v) is 5.01. The number of hydrogen-bond acceptors (Lipinski definition) is 4. The molecule has 0 aliphatic heterocycles. The Hall–Kier alpha value is -3.32. The van der Waals surface area contributed by atoms with Crippen molar-refractivity contribution in [3.8, 4) is 5.75 Å². The average molecular weight is 481 g/mol. The van der Waals surface area contributed by atoms with Crippen molar-refractivity contribution in [1.82, 2.24) is 5.32 Å². The Kier molecular flexibility index (Phi) is 7.99. The van der Waals surface area contributed by atoms with E-state index in [0.717, 1.165) is 28.0 Å². The molecule has 0 heterocycles. The van der Waals surface area contributed by atoms with Crippen molar-refractivity contribution in [1.29, 1.82) is 0 Å². The third-order valence-corrected chi connectivity index (χ3v) is 7.27. The topological polar surface area (TPSA) is 75.7 Å². The van der Waals surface area contributed by atoms with Gasteiger partial charge in [-0.25, -0.2) is 8.42 Å². The number of ether oxygens (including phenoxy) is 1. The first-order valence-corrected chi connectivity index (χ1v) is 12.7. The van der Waals surface area contributed by atoms with Crippen molar-refractivity contribution in [3.05, 3.63) is 89.0 Å². The summed E-state index contributed by atoms with van der Waals surface area (Å²) in [5, 5.41) is 2.85. The third kappa shape index (κ3) is 6.17. The van der Waals surface area contributed by atoms with E-state index in [-0.39, 0.29) is 24.1 Å². The normalized spacial score (nSPS) is 11.4. The quantitative estimate of drug-likeness (QED) is 0.472. The average Bonchev–Trinajstić information content (AvgIpc) is 2.78. The number of carbonyl (C=O) groups is 1. The number of sulfonamides is 1. The van der Waals surface area contributed by atoms with Gasteiger partial charge in [0.1, 0.15) is 12.3 Å². The van der Waals surface area contributed by atoms with Gasteiger partial charge in [0.15, 0.2) is 0 Å². The minimum atomic E-state index is -3.96. The summed E-state index contributed by atoms with van der Waals surface area (Å²) in [5.74, 6) is 0.326. The molecule has 0 atom stereocenters. The highest BCUT2D eigenvalue weighted by Gasteiger charge is 2.28. The molecular formula is C27H32N2O4S. The van der Waals surface area contributed by atoms with Crippen LogP contribution in [0.5, 0.6) is 5.75 Å². The molecule has 3 aromatic rings. The van der Waals surface area contributed by atoms with Crippen LogP contribution in [0, 0.1) is 20.8 Å². The number of anilines is 1. The van der Waals surface area contributed by atoms with Crippen LogP contribution >= 0.6 is 0 Å². The third-order valence-electron chi connectivity index (χ3n) is 5.50. The summed E-state index contributed by atoms with van der Waals surface area (Å²) in [6.07, 6.45) is 0.0444. The first-order valence-electron chi connectivity index (χ1n) is 11.3. The number of hydrogen-bond donors (Lipinski definition) is 1. The van der Waals surface area contributed by atoms with E-state index in [4.69, 9.17) is 4.74 Å². The van der Waals surface area contributed by atoms with Gasteiger partial charge in [0.05, 0.1) is 16.7 Å². The maximum atomic E-state index is 13.6. The van der Waals surface area contributed by atoms with Crippen molar-refractivity contribution >= 4 is 21.6 Å². The second-order valence-electron chi connectivity index (χ2n) is 8.63. The summed E-state index contributed by atoms with van der Waals surface area (Å²) in [6.45, 7) is 9.51. The van der Waals surface area contributed by atoms with Gasteiger partial charge in [0, 0.05) is 6.54 Å². The van der Waals surface area contributed by atoms with Crippen LogP contribution in [-0.2, 0) is 21.4 Å². The van der Waals surface area contributed by atoms with Gasteiger partial charge >= 0.3 is 0 Å². The molecule has 0 unspecified atom stereocenters. The Labute approximate surface area is 202 Å². The SMILES string of the molecule is Cc1ccc(S(=O)(=O)N(CC(=O)NCc2cccc(OC(C)C)c2)c2cccc(C)c2C)cc1. The molecule has 7 heteroatoms. The molecule has 0 radical (unpaired) electrons. The Morgan fingerprint density at radius 2 is 1.65 bits per heavy atom. The van der Waals surface area contributed by atoms with E-state index >= 15 is 0 Å². The number of benzene rings is 3. The van der Waals surface area contributed by atoms with Crippen molar-refractivity contribution < 1.29 is 17.9 Å². The number of amides is 1. The Bertz CT molecular complexity index is 1250. The fourth-order valence-electron chi connectivity index (χ4n) is 3.53. The maximum absolute atomic E-state index is 13.6. The lowest BCUT2D eigenvalue weighted by Crippen LogP contribution is -2.41. The van der Waals surface area contributed by atoms with Crippen molar-refractivity contribution in [2.75, 3.05) is 10.8 Å². The van der Waals surface area contributed by atoms with Gasteiger partial charge in [0.25, 0.3) is 10.0 Å². The highest BCUT2D eigenvalue weighted by atomic mass is 32.2. The Morgan fingerprint density at radius 3 is 2.32 bits per heavy atom. The fraction of sp³-hybridized carbons (Fsp3) is 0.296. The van der Waals surface area contributed by atoms with Gasteiger partial charge in [0.2, 0.25) is 5.91 Å². The van der Waals surface area contributed by atoms with Crippen LogP contribution in [0.25, 0.3) is 0 Å². The second-order valence-corrected chi connectivity index (χ2v) is 10.5. The molecule has 1 N–H and O–H groups in total. The number of carbonyl (C=O) groups excluding carboxylic acids is 1. The predicted molar refractivity (Wildman–Crippen MR) is 136 cm³/mol. The minimum absolute atomic E-state index is 0.0444. The molecule has 0 aliphatic carbocycles. The van der Waals surface area contributed by atoms with Crippen molar-refractivity contribution in [3.63, 3.8) is 0 Å². The Balaban J connectivity index is 1.85. The van der Waals surface area contributed by atoms with Crippen LogP contribution in [0.4, 0.5) is 5.69 Å². The van der Waals surface area contributed by atoms with E-state index in [1.807, 2.05) is 65.0 Å². The van der Waals surface area contributed by atoms with Gasteiger partial charge < -0.3 is 10.1 Å². The summed E-state index contributed by atoms with van der Waals surface area (Å²) in [4.78, 5) is 13.1. The zero-order valence-corrected chi connectivity index (χ0v) is 21.1. The van der Waals surface area contributed by atoms with Crippen LogP contribution < -0.4 is 14.4 Å². The van der Waals surface area contributed by atoms with E-state index < -0.39 is 15.9 Å². The zero-order valence-electron chi connectivity index (χ0n) is 20.3. The predicted octanol–water partition coefficient (Wildman–Crippen LogP) is 4.91. The molecule has 34 heavy (non-hydrogen) atoms. The summed E-state index contributed by atoms with van der Waals surface area (Å²) in [5.41, 5.74) is 4.07. The minimum Gasteiger partial charge on any atom is -0.491 e. The van der Waals surface area contributed by atoms with Crippen molar-refractivity contribution in [2.24, 2.45) is 0 Å². The Morgan fingerprint density at radius 1 is 0.971 bits per heavy atom. The molecule has 3 aromatic carbocycles. The van der Waals surface area contributed by atoms with Gasteiger partial charge in [-0.05, 0) is 81.6 Å². The molecule has 0 saturated carbocycles. The molecule has 0 aromatic heterocycles. The van der Waals surface area contributed by atoms with E-state index in [1.165, 1.54) is 4.31 Å². The van der Waals surface area contributed by atoms with Crippen molar-refractivity contribution in [2.45, 2.75) is 52.2 Å². The van der Waals surface area contributed by atoms with Crippen LogP contribution in [0.15, 0.2) is 71.6 Å². The summed E-state index contributed by atoms with van der Waals surface area (Å²) in [7, 11) is -3.96. The summed E-state index contributed by atoms with van der Waals surface area (Å²) in [6, 6.07) is 19.6.